The summed E-state index contributed by atoms with van der Waals surface area (Å²) in [5.41, 5.74) is 0.899. The molecular formula is C12H18BrNO3S. The van der Waals surface area contributed by atoms with Gasteiger partial charge in [0.15, 0.2) is 9.84 Å². The lowest BCUT2D eigenvalue weighted by molar-refractivity contribution is 0.414. The zero-order chi connectivity index (χ0) is 13.9. The normalized spacial score (nSPS) is 15.2. The number of nitrogens with one attached hydrogen (secondary N) is 1. The smallest absolute Gasteiger partial charge is 0.151 e. The number of benzene rings is 1. The van der Waals surface area contributed by atoms with Crippen molar-refractivity contribution >= 4 is 25.8 Å². The lowest BCUT2D eigenvalue weighted by Crippen LogP contribution is -2.33. The van der Waals surface area contributed by atoms with Crippen LogP contribution in [0.1, 0.15) is 18.5 Å². The second kappa shape index (κ2) is 6.04. The lowest BCUT2D eigenvalue weighted by Gasteiger charge is -2.24. The molecule has 4 nitrogen and oxygen atoms in total. The van der Waals surface area contributed by atoms with Gasteiger partial charge in [-0.1, -0.05) is 22.0 Å². The van der Waals surface area contributed by atoms with E-state index in [1.54, 1.807) is 21.1 Å². The van der Waals surface area contributed by atoms with E-state index in [2.05, 4.69) is 21.2 Å². The van der Waals surface area contributed by atoms with E-state index < -0.39 is 15.1 Å². The van der Waals surface area contributed by atoms with Crippen LogP contribution in [0.5, 0.6) is 5.75 Å². The molecule has 0 spiro atoms. The summed E-state index contributed by atoms with van der Waals surface area (Å²) >= 11 is 3.45. The molecule has 0 saturated carbocycles. The SMILES string of the molecule is CNC(c1ccc(OC)cc1Br)C(C)S(C)(=O)=O. The third-order valence-electron chi connectivity index (χ3n) is 3.00. The number of halogens is 1. The highest BCUT2D eigenvalue weighted by atomic mass is 79.9. The number of ether oxygens (including phenoxy) is 1. The third-order valence-corrected chi connectivity index (χ3v) is 5.31. The summed E-state index contributed by atoms with van der Waals surface area (Å²) in [6, 6.07) is 5.25. The summed E-state index contributed by atoms with van der Waals surface area (Å²) < 4.78 is 29.3. The van der Waals surface area contributed by atoms with Crippen LogP contribution in [0.3, 0.4) is 0 Å². The van der Waals surface area contributed by atoms with E-state index in [1.807, 2.05) is 18.2 Å². The lowest BCUT2D eigenvalue weighted by atomic mass is 10.0. The molecule has 18 heavy (non-hydrogen) atoms. The van der Waals surface area contributed by atoms with Gasteiger partial charge >= 0.3 is 0 Å². The highest BCUT2D eigenvalue weighted by molar-refractivity contribution is 9.10. The van der Waals surface area contributed by atoms with E-state index in [1.165, 1.54) is 6.26 Å². The minimum Gasteiger partial charge on any atom is -0.497 e. The standard InChI is InChI=1S/C12H18BrNO3S/c1-8(18(4,15)16)12(14-2)10-6-5-9(17-3)7-11(10)13/h5-8,12,14H,1-4H3. The first-order chi connectivity index (χ1) is 8.31. The van der Waals surface area contributed by atoms with Crippen molar-refractivity contribution in [1.29, 1.82) is 0 Å². The van der Waals surface area contributed by atoms with Gasteiger partial charge in [-0.3, -0.25) is 0 Å². The van der Waals surface area contributed by atoms with Crippen LogP contribution in [0.2, 0.25) is 0 Å². The van der Waals surface area contributed by atoms with Gasteiger partial charge in [-0.15, -0.1) is 0 Å². The Kier molecular flexibility index (Phi) is 5.19. The van der Waals surface area contributed by atoms with Crippen molar-refractivity contribution in [3.63, 3.8) is 0 Å². The Balaban J connectivity index is 3.18. The Hall–Kier alpha value is -0.590. The van der Waals surface area contributed by atoms with Gasteiger partial charge in [0.25, 0.3) is 0 Å². The summed E-state index contributed by atoms with van der Waals surface area (Å²) in [5.74, 6) is 0.729. The van der Waals surface area contributed by atoms with Gasteiger partial charge in [0.05, 0.1) is 12.4 Å². The highest BCUT2D eigenvalue weighted by Crippen LogP contribution is 2.31. The topological polar surface area (TPSA) is 55.4 Å². The Morgan fingerprint density at radius 3 is 2.39 bits per heavy atom. The van der Waals surface area contributed by atoms with E-state index in [9.17, 15) is 8.42 Å². The minimum absolute atomic E-state index is 0.264. The Bertz CT molecular complexity index is 516. The summed E-state index contributed by atoms with van der Waals surface area (Å²) in [7, 11) is 0.237. The number of rotatable bonds is 5. The van der Waals surface area contributed by atoms with E-state index in [-0.39, 0.29) is 6.04 Å². The fourth-order valence-corrected chi connectivity index (χ4v) is 3.16. The first kappa shape index (κ1) is 15.5. The zero-order valence-corrected chi connectivity index (χ0v) is 13.3. The van der Waals surface area contributed by atoms with Crippen LogP contribution in [0.4, 0.5) is 0 Å². The number of sulfone groups is 1. The number of hydrogen-bond donors (Lipinski definition) is 1. The Morgan fingerprint density at radius 1 is 1.39 bits per heavy atom. The van der Waals surface area contributed by atoms with Gasteiger partial charge in [-0.25, -0.2) is 8.42 Å². The van der Waals surface area contributed by atoms with Crippen LogP contribution >= 0.6 is 15.9 Å². The fourth-order valence-electron chi connectivity index (χ4n) is 1.78. The molecule has 2 unspecified atom stereocenters. The molecule has 1 rings (SSSR count). The van der Waals surface area contributed by atoms with Crippen LogP contribution in [-0.2, 0) is 9.84 Å². The molecule has 0 bridgehead atoms. The molecule has 102 valence electrons. The molecule has 0 aromatic heterocycles. The molecule has 0 amide bonds. The van der Waals surface area contributed by atoms with Crippen LogP contribution in [0.15, 0.2) is 22.7 Å². The molecule has 0 radical (unpaired) electrons. The molecule has 0 aliphatic heterocycles. The van der Waals surface area contributed by atoms with Gasteiger partial charge in [0, 0.05) is 16.8 Å². The monoisotopic (exact) mass is 335 g/mol. The average molecular weight is 336 g/mol. The molecule has 1 aromatic carbocycles. The maximum absolute atomic E-state index is 11.7. The highest BCUT2D eigenvalue weighted by Gasteiger charge is 2.27. The van der Waals surface area contributed by atoms with E-state index in [0.717, 1.165) is 15.8 Å². The van der Waals surface area contributed by atoms with E-state index in [0.29, 0.717) is 0 Å². The van der Waals surface area contributed by atoms with Gasteiger partial charge in [0.1, 0.15) is 5.75 Å². The molecule has 1 N–H and O–H groups in total. The number of methoxy groups -OCH3 is 1. The van der Waals surface area contributed by atoms with Crippen molar-refractivity contribution in [3.05, 3.63) is 28.2 Å². The van der Waals surface area contributed by atoms with Crippen molar-refractivity contribution in [2.75, 3.05) is 20.4 Å². The van der Waals surface area contributed by atoms with Crippen molar-refractivity contribution in [2.24, 2.45) is 0 Å². The predicted octanol–water partition coefficient (Wildman–Crippen LogP) is 2.15. The molecule has 0 heterocycles. The minimum atomic E-state index is -3.11. The predicted molar refractivity (Wildman–Crippen MR) is 76.8 cm³/mol. The fraction of sp³-hybridized carbons (Fsp3) is 0.500. The third kappa shape index (κ3) is 3.46. The van der Waals surface area contributed by atoms with Crippen molar-refractivity contribution in [2.45, 2.75) is 18.2 Å². The maximum atomic E-state index is 11.7. The second-order valence-corrected chi connectivity index (χ2v) is 7.45. The zero-order valence-electron chi connectivity index (χ0n) is 10.9. The first-order valence-electron chi connectivity index (χ1n) is 5.50. The molecule has 1 aromatic rings. The summed E-state index contributed by atoms with van der Waals surface area (Å²) in [6.45, 7) is 1.70. The average Bonchev–Trinajstić information content (AvgIpc) is 2.30. The van der Waals surface area contributed by atoms with Gasteiger partial charge in [0.2, 0.25) is 0 Å². The van der Waals surface area contributed by atoms with Crippen LogP contribution in [0, 0.1) is 0 Å². The van der Waals surface area contributed by atoms with Gasteiger partial charge in [-0.05, 0) is 31.7 Å². The summed E-state index contributed by atoms with van der Waals surface area (Å²) in [6.07, 6.45) is 1.25. The first-order valence-corrected chi connectivity index (χ1v) is 8.25. The molecule has 0 aliphatic carbocycles. The van der Waals surface area contributed by atoms with Crippen molar-refractivity contribution in [3.8, 4) is 5.75 Å². The number of hydrogen-bond acceptors (Lipinski definition) is 4. The molecule has 0 saturated heterocycles. The van der Waals surface area contributed by atoms with Crippen LogP contribution in [0.25, 0.3) is 0 Å². The van der Waals surface area contributed by atoms with E-state index in [4.69, 9.17) is 4.74 Å². The molecule has 0 fully saturated rings. The van der Waals surface area contributed by atoms with Crippen LogP contribution in [-0.4, -0.2) is 34.1 Å². The molecule has 0 aliphatic rings. The largest absolute Gasteiger partial charge is 0.497 e. The molecule has 2 atom stereocenters. The summed E-state index contributed by atoms with van der Waals surface area (Å²) in [5, 5.41) is 2.55. The molecule has 6 heteroatoms. The van der Waals surface area contributed by atoms with Crippen molar-refractivity contribution in [1.82, 2.24) is 5.32 Å². The molecular weight excluding hydrogens is 318 g/mol. The maximum Gasteiger partial charge on any atom is 0.151 e. The van der Waals surface area contributed by atoms with Gasteiger partial charge < -0.3 is 10.1 Å². The quantitative estimate of drug-likeness (QED) is 0.895. The van der Waals surface area contributed by atoms with E-state index >= 15 is 0 Å². The Labute approximate surface area is 117 Å². The Morgan fingerprint density at radius 2 is 2.00 bits per heavy atom. The van der Waals surface area contributed by atoms with Crippen molar-refractivity contribution < 1.29 is 13.2 Å². The summed E-state index contributed by atoms with van der Waals surface area (Å²) in [4.78, 5) is 0. The van der Waals surface area contributed by atoms with Gasteiger partial charge in [-0.2, -0.15) is 0 Å². The van der Waals surface area contributed by atoms with Crippen LogP contribution < -0.4 is 10.1 Å². The second-order valence-electron chi connectivity index (χ2n) is 4.19.